The highest BCUT2D eigenvalue weighted by Crippen LogP contribution is 2.20. The van der Waals surface area contributed by atoms with Crippen molar-refractivity contribution in [2.75, 3.05) is 12.4 Å². The summed E-state index contributed by atoms with van der Waals surface area (Å²) in [4.78, 5) is 12.2. The van der Waals surface area contributed by atoms with Crippen molar-refractivity contribution >= 4 is 11.7 Å². The third-order valence-electron chi connectivity index (χ3n) is 3.52. The van der Waals surface area contributed by atoms with Crippen molar-refractivity contribution in [3.63, 3.8) is 0 Å². The van der Waals surface area contributed by atoms with E-state index in [1.54, 1.807) is 41.2 Å². The molecule has 1 heterocycles. The number of rotatable bonds is 5. The number of hydrogen-bond donors (Lipinski definition) is 2. The fraction of sp³-hybridized carbons (Fsp3) is 0.111. The third-order valence-corrected chi connectivity index (χ3v) is 3.52. The number of aliphatic hydroxyl groups is 1. The molecule has 2 N–H and O–H groups in total. The van der Waals surface area contributed by atoms with Gasteiger partial charge in [0.2, 0.25) is 0 Å². The average Bonchev–Trinajstić information content (AvgIpc) is 3.10. The van der Waals surface area contributed by atoms with Crippen molar-refractivity contribution < 1.29 is 14.6 Å². The quantitative estimate of drug-likeness (QED) is 0.756. The number of nitrogens with zero attached hydrogens (tertiary/aromatic N) is 2. The zero-order valence-electron chi connectivity index (χ0n) is 13.1. The first-order chi connectivity index (χ1) is 11.7. The highest BCUT2D eigenvalue weighted by atomic mass is 16.5. The Hall–Kier alpha value is -3.12. The van der Waals surface area contributed by atoms with Crippen LogP contribution in [0.1, 0.15) is 11.7 Å². The van der Waals surface area contributed by atoms with E-state index >= 15 is 0 Å². The number of aromatic nitrogens is 2. The number of benzene rings is 2. The molecule has 0 radical (unpaired) electrons. The van der Waals surface area contributed by atoms with E-state index in [2.05, 4.69) is 10.4 Å². The van der Waals surface area contributed by atoms with Crippen molar-refractivity contribution in [2.45, 2.75) is 6.10 Å². The molecule has 3 rings (SSSR count). The Bertz CT molecular complexity index is 830. The summed E-state index contributed by atoms with van der Waals surface area (Å²) in [5, 5.41) is 17.1. The molecule has 1 aromatic heterocycles. The Balaban J connectivity index is 1.71. The number of carbonyl (C=O) groups excluding carboxylic acids is 1. The van der Waals surface area contributed by atoms with E-state index in [0.717, 1.165) is 5.69 Å². The van der Waals surface area contributed by atoms with E-state index in [-0.39, 0.29) is 0 Å². The molecule has 122 valence electrons. The third kappa shape index (κ3) is 3.44. The van der Waals surface area contributed by atoms with E-state index in [1.165, 1.54) is 7.11 Å². The highest BCUT2D eigenvalue weighted by Gasteiger charge is 2.19. The number of aliphatic hydroxyl groups excluding tert-OH is 1. The van der Waals surface area contributed by atoms with Crippen molar-refractivity contribution in [1.82, 2.24) is 9.78 Å². The van der Waals surface area contributed by atoms with Crippen molar-refractivity contribution in [3.05, 3.63) is 72.4 Å². The molecule has 1 unspecified atom stereocenters. The van der Waals surface area contributed by atoms with E-state index < -0.39 is 12.0 Å². The van der Waals surface area contributed by atoms with Gasteiger partial charge in [-0.1, -0.05) is 30.3 Å². The topological polar surface area (TPSA) is 76.4 Å². The molecule has 0 aliphatic rings. The maximum absolute atomic E-state index is 12.2. The van der Waals surface area contributed by atoms with Crippen LogP contribution in [0.2, 0.25) is 0 Å². The lowest BCUT2D eigenvalue weighted by Gasteiger charge is -2.11. The summed E-state index contributed by atoms with van der Waals surface area (Å²) >= 11 is 0. The SMILES string of the molecule is COc1cccc(C(O)C(=O)Nc2ccn(-c3ccccc3)n2)c1. The maximum atomic E-state index is 12.2. The number of anilines is 1. The number of amides is 1. The first-order valence-electron chi connectivity index (χ1n) is 7.41. The molecule has 6 nitrogen and oxygen atoms in total. The van der Waals surface area contributed by atoms with Gasteiger partial charge in [0, 0.05) is 12.3 Å². The first kappa shape index (κ1) is 15.8. The molecule has 0 saturated carbocycles. The van der Waals surface area contributed by atoms with E-state index in [9.17, 15) is 9.90 Å². The minimum absolute atomic E-state index is 0.366. The zero-order chi connectivity index (χ0) is 16.9. The molecule has 2 aromatic carbocycles. The standard InChI is InChI=1S/C18H17N3O3/c1-24-15-9-5-6-13(12-15)17(22)18(23)19-16-10-11-21(20-16)14-7-3-2-4-8-14/h2-12,17,22H,1H3,(H,19,20,23). The second kappa shape index (κ2) is 6.97. The molecule has 0 bridgehead atoms. The largest absolute Gasteiger partial charge is 0.497 e. The minimum atomic E-state index is -1.30. The van der Waals surface area contributed by atoms with Gasteiger partial charge in [0.25, 0.3) is 5.91 Å². The second-order valence-corrected chi connectivity index (χ2v) is 5.15. The number of methoxy groups -OCH3 is 1. The van der Waals surface area contributed by atoms with Gasteiger partial charge in [0.1, 0.15) is 5.75 Å². The normalized spacial score (nSPS) is 11.8. The van der Waals surface area contributed by atoms with Crippen LogP contribution in [0.15, 0.2) is 66.9 Å². The van der Waals surface area contributed by atoms with Gasteiger partial charge in [-0.15, -0.1) is 0 Å². The summed E-state index contributed by atoms with van der Waals surface area (Å²) in [6, 6.07) is 18.0. The predicted molar refractivity (Wildman–Crippen MR) is 90.1 cm³/mol. The van der Waals surface area contributed by atoms with E-state index in [0.29, 0.717) is 17.1 Å². The molecule has 0 fully saturated rings. The Kier molecular flexibility index (Phi) is 4.58. The van der Waals surface area contributed by atoms with E-state index in [4.69, 9.17) is 4.74 Å². The predicted octanol–water partition coefficient (Wildman–Crippen LogP) is 2.55. The van der Waals surface area contributed by atoms with Gasteiger partial charge < -0.3 is 15.2 Å². The Morgan fingerprint density at radius 1 is 1.17 bits per heavy atom. The maximum Gasteiger partial charge on any atom is 0.259 e. The molecular formula is C18H17N3O3. The summed E-state index contributed by atoms with van der Waals surface area (Å²) in [7, 11) is 1.53. The van der Waals surface area contributed by atoms with Crippen molar-refractivity contribution in [1.29, 1.82) is 0 Å². The van der Waals surface area contributed by atoms with Crippen LogP contribution in [0.25, 0.3) is 5.69 Å². The monoisotopic (exact) mass is 323 g/mol. The van der Waals surface area contributed by atoms with Gasteiger partial charge >= 0.3 is 0 Å². The summed E-state index contributed by atoms with van der Waals surface area (Å²) < 4.78 is 6.74. The van der Waals surface area contributed by atoms with Crippen LogP contribution in [-0.2, 0) is 4.79 Å². The Morgan fingerprint density at radius 3 is 2.71 bits per heavy atom. The van der Waals surface area contributed by atoms with Crippen LogP contribution in [0, 0.1) is 0 Å². The van der Waals surface area contributed by atoms with Gasteiger partial charge in [-0.3, -0.25) is 4.79 Å². The number of para-hydroxylation sites is 1. The molecule has 0 aliphatic heterocycles. The molecule has 6 heteroatoms. The molecule has 1 amide bonds. The van der Waals surface area contributed by atoms with Crippen molar-refractivity contribution in [3.8, 4) is 11.4 Å². The molecule has 0 spiro atoms. The van der Waals surface area contributed by atoms with Crippen LogP contribution in [0.3, 0.4) is 0 Å². The van der Waals surface area contributed by atoms with Gasteiger partial charge in [0.15, 0.2) is 11.9 Å². The Labute approximate surface area is 139 Å². The van der Waals surface area contributed by atoms with Crippen LogP contribution in [-0.4, -0.2) is 27.9 Å². The number of ether oxygens (including phenoxy) is 1. The van der Waals surface area contributed by atoms with Gasteiger partial charge in [0.05, 0.1) is 12.8 Å². The molecule has 0 saturated heterocycles. The highest BCUT2D eigenvalue weighted by molar-refractivity contribution is 5.93. The van der Waals surface area contributed by atoms with Gasteiger partial charge in [-0.05, 0) is 29.8 Å². The van der Waals surface area contributed by atoms with Crippen LogP contribution < -0.4 is 10.1 Å². The fourth-order valence-corrected chi connectivity index (χ4v) is 2.27. The minimum Gasteiger partial charge on any atom is -0.497 e. The number of carbonyl (C=O) groups is 1. The molecule has 24 heavy (non-hydrogen) atoms. The summed E-state index contributed by atoms with van der Waals surface area (Å²) in [6.45, 7) is 0. The van der Waals surface area contributed by atoms with E-state index in [1.807, 2.05) is 30.3 Å². The second-order valence-electron chi connectivity index (χ2n) is 5.15. The lowest BCUT2D eigenvalue weighted by Crippen LogP contribution is -2.21. The van der Waals surface area contributed by atoms with Crippen LogP contribution in [0.5, 0.6) is 5.75 Å². The lowest BCUT2D eigenvalue weighted by molar-refractivity contribution is -0.124. The summed E-state index contributed by atoms with van der Waals surface area (Å²) in [5.74, 6) is 0.389. The summed E-state index contributed by atoms with van der Waals surface area (Å²) in [5.41, 5.74) is 1.33. The summed E-state index contributed by atoms with van der Waals surface area (Å²) in [6.07, 6.45) is 0.435. The smallest absolute Gasteiger partial charge is 0.259 e. The van der Waals surface area contributed by atoms with Crippen LogP contribution in [0.4, 0.5) is 5.82 Å². The average molecular weight is 323 g/mol. The molecule has 0 aliphatic carbocycles. The first-order valence-corrected chi connectivity index (χ1v) is 7.41. The molecule has 3 aromatic rings. The Morgan fingerprint density at radius 2 is 1.96 bits per heavy atom. The lowest BCUT2D eigenvalue weighted by atomic mass is 10.1. The van der Waals surface area contributed by atoms with Crippen LogP contribution >= 0.6 is 0 Å². The fourth-order valence-electron chi connectivity index (χ4n) is 2.27. The van der Waals surface area contributed by atoms with Gasteiger partial charge in [-0.2, -0.15) is 5.10 Å². The molecule has 1 atom stereocenters. The van der Waals surface area contributed by atoms with Gasteiger partial charge in [-0.25, -0.2) is 4.68 Å². The molecular weight excluding hydrogens is 306 g/mol. The number of hydrogen-bond acceptors (Lipinski definition) is 4. The van der Waals surface area contributed by atoms with Crippen molar-refractivity contribution in [2.24, 2.45) is 0 Å². The number of nitrogens with one attached hydrogen (secondary N) is 1. The zero-order valence-corrected chi connectivity index (χ0v) is 13.1.